The van der Waals surface area contributed by atoms with Gasteiger partial charge in [-0.1, -0.05) is 18.2 Å². The Bertz CT molecular complexity index is 1050. The molecule has 2 aromatic rings. The number of fused-ring (bicyclic) bond motifs is 1. The molecule has 1 saturated carbocycles. The summed E-state index contributed by atoms with van der Waals surface area (Å²) in [6.45, 7) is 2.74. The van der Waals surface area contributed by atoms with Gasteiger partial charge < -0.3 is 19.7 Å². The van der Waals surface area contributed by atoms with Crippen LogP contribution in [0.3, 0.4) is 0 Å². The molecule has 1 aliphatic carbocycles. The van der Waals surface area contributed by atoms with Crippen LogP contribution in [0.5, 0.6) is 11.5 Å². The number of hydrogen-bond acceptors (Lipinski definition) is 4. The van der Waals surface area contributed by atoms with Gasteiger partial charge in [0, 0.05) is 19.0 Å². The molecule has 168 valence electrons. The number of nitrogens with one attached hydrogen (secondary N) is 1. The van der Waals surface area contributed by atoms with Crippen LogP contribution in [0.15, 0.2) is 36.4 Å². The molecule has 2 aromatic carbocycles. The van der Waals surface area contributed by atoms with Gasteiger partial charge in [-0.05, 0) is 67.5 Å². The topological polar surface area (TPSA) is 67.9 Å². The van der Waals surface area contributed by atoms with Crippen molar-refractivity contribution in [3.05, 3.63) is 58.9 Å². The van der Waals surface area contributed by atoms with E-state index in [4.69, 9.17) is 9.47 Å². The van der Waals surface area contributed by atoms with Crippen LogP contribution >= 0.6 is 0 Å². The van der Waals surface area contributed by atoms with E-state index in [0.717, 1.165) is 24.0 Å². The van der Waals surface area contributed by atoms with Gasteiger partial charge in [0.15, 0.2) is 11.5 Å². The molecule has 3 aliphatic rings. The number of ether oxygens (including phenoxy) is 2. The van der Waals surface area contributed by atoms with E-state index < -0.39 is 0 Å². The predicted octanol–water partition coefficient (Wildman–Crippen LogP) is 3.87. The van der Waals surface area contributed by atoms with Crippen molar-refractivity contribution < 1.29 is 23.5 Å². The number of benzene rings is 2. The van der Waals surface area contributed by atoms with Gasteiger partial charge in [0.2, 0.25) is 18.6 Å². The largest absolute Gasteiger partial charge is 0.454 e. The Morgan fingerprint density at radius 3 is 2.59 bits per heavy atom. The minimum atomic E-state index is -0.260. The van der Waals surface area contributed by atoms with Gasteiger partial charge in [-0.15, -0.1) is 0 Å². The second-order valence-electron chi connectivity index (χ2n) is 8.97. The third-order valence-electron chi connectivity index (χ3n) is 6.63. The van der Waals surface area contributed by atoms with Crippen LogP contribution in [0.4, 0.5) is 4.39 Å². The van der Waals surface area contributed by atoms with E-state index in [1.54, 1.807) is 13.0 Å². The van der Waals surface area contributed by atoms with Gasteiger partial charge in [-0.3, -0.25) is 9.59 Å². The minimum absolute atomic E-state index is 0.0509. The lowest BCUT2D eigenvalue weighted by Crippen LogP contribution is -2.47. The second-order valence-corrected chi connectivity index (χ2v) is 8.97. The standard InChI is InChI=1S/C25H27FN2O4/c1-15-10-18(5-7-20(15)26)21-8-6-19(13-28(21)25(30)17-3-4-17)24(29)27-12-16-2-9-22-23(11-16)32-14-31-22/h2,5,7,9-11,17,19,21H,3-4,6,8,12-14H2,1H3,(H,27,29)/t19-,21+/m1/s1. The summed E-state index contributed by atoms with van der Waals surface area (Å²) in [5, 5.41) is 3.01. The van der Waals surface area contributed by atoms with Gasteiger partial charge in [-0.25, -0.2) is 4.39 Å². The monoisotopic (exact) mass is 438 g/mol. The number of carbonyl (C=O) groups excluding carboxylic acids is 2. The van der Waals surface area contributed by atoms with Gasteiger partial charge in [0.25, 0.3) is 0 Å². The zero-order valence-electron chi connectivity index (χ0n) is 18.1. The summed E-state index contributed by atoms with van der Waals surface area (Å²) in [6, 6.07) is 10.6. The number of nitrogens with zero attached hydrogens (tertiary/aromatic N) is 1. The first kappa shape index (κ1) is 20.8. The number of rotatable bonds is 5. The first-order valence-corrected chi connectivity index (χ1v) is 11.2. The van der Waals surface area contributed by atoms with E-state index in [1.165, 1.54) is 6.07 Å². The Balaban J connectivity index is 1.27. The Morgan fingerprint density at radius 2 is 1.81 bits per heavy atom. The van der Waals surface area contributed by atoms with Crippen molar-refractivity contribution in [1.29, 1.82) is 0 Å². The molecule has 32 heavy (non-hydrogen) atoms. The van der Waals surface area contributed by atoms with Crippen LogP contribution in [0.2, 0.25) is 0 Å². The molecule has 0 bridgehead atoms. The van der Waals surface area contributed by atoms with E-state index in [2.05, 4.69) is 5.32 Å². The quantitative estimate of drug-likeness (QED) is 0.770. The smallest absolute Gasteiger partial charge is 0.231 e. The Kier molecular flexibility index (Phi) is 5.49. The molecule has 0 spiro atoms. The number of hydrogen-bond donors (Lipinski definition) is 1. The number of carbonyl (C=O) groups is 2. The molecule has 2 atom stereocenters. The summed E-state index contributed by atoms with van der Waals surface area (Å²) in [5.41, 5.74) is 2.45. The number of piperidine rings is 1. The van der Waals surface area contributed by atoms with E-state index in [9.17, 15) is 14.0 Å². The Morgan fingerprint density at radius 1 is 1.03 bits per heavy atom. The summed E-state index contributed by atoms with van der Waals surface area (Å²) < 4.78 is 24.5. The lowest BCUT2D eigenvalue weighted by atomic mass is 9.87. The molecular formula is C25H27FN2O4. The van der Waals surface area contributed by atoms with Gasteiger partial charge in [0.1, 0.15) is 5.82 Å². The molecule has 2 amide bonds. The second kappa shape index (κ2) is 8.45. The number of aryl methyl sites for hydroxylation is 1. The maximum absolute atomic E-state index is 13.8. The summed E-state index contributed by atoms with van der Waals surface area (Å²) in [6.07, 6.45) is 3.19. The van der Waals surface area contributed by atoms with E-state index in [-0.39, 0.29) is 42.3 Å². The third-order valence-corrected chi connectivity index (χ3v) is 6.63. The third kappa shape index (κ3) is 4.16. The molecular weight excluding hydrogens is 411 g/mol. The summed E-state index contributed by atoms with van der Waals surface area (Å²) in [7, 11) is 0. The zero-order valence-corrected chi connectivity index (χ0v) is 18.1. The van der Waals surface area contributed by atoms with Crippen LogP contribution < -0.4 is 14.8 Å². The first-order valence-electron chi connectivity index (χ1n) is 11.2. The van der Waals surface area contributed by atoms with Crippen LogP contribution in [-0.4, -0.2) is 30.1 Å². The highest BCUT2D eigenvalue weighted by molar-refractivity contribution is 5.84. The molecule has 2 heterocycles. The molecule has 6 nitrogen and oxygen atoms in total. The van der Waals surface area contributed by atoms with Crippen molar-refractivity contribution in [3.8, 4) is 11.5 Å². The van der Waals surface area contributed by atoms with Crippen molar-refractivity contribution in [2.24, 2.45) is 11.8 Å². The van der Waals surface area contributed by atoms with Crippen molar-refractivity contribution in [2.45, 2.75) is 45.2 Å². The maximum Gasteiger partial charge on any atom is 0.231 e. The number of amides is 2. The zero-order chi connectivity index (χ0) is 22.2. The molecule has 0 radical (unpaired) electrons. The van der Waals surface area contributed by atoms with Crippen molar-refractivity contribution in [3.63, 3.8) is 0 Å². The summed E-state index contributed by atoms with van der Waals surface area (Å²) in [5.74, 6) is 1.02. The van der Waals surface area contributed by atoms with E-state index >= 15 is 0 Å². The van der Waals surface area contributed by atoms with Crippen LogP contribution in [0.1, 0.15) is 48.4 Å². The normalized spacial score (nSPS) is 22.0. The molecule has 1 N–H and O–H groups in total. The number of likely N-dealkylation sites (tertiary alicyclic amines) is 1. The molecule has 2 fully saturated rings. The molecule has 7 heteroatoms. The summed E-state index contributed by atoms with van der Waals surface area (Å²) in [4.78, 5) is 27.9. The van der Waals surface area contributed by atoms with Crippen molar-refractivity contribution >= 4 is 11.8 Å². The van der Waals surface area contributed by atoms with Crippen molar-refractivity contribution in [2.75, 3.05) is 13.3 Å². The average Bonchev–Trinajstić information content (AvgIpc) is 3.55. The van der Waals surface area contributed by atoms with Crippen LogP contribution in [-0.2, 0) is 16.1 Å². The lowest BCUT2D eigenvalue weighted by molar-refractivity contribution is -0.140. The highest BCUT2D eigenvalue weighted by Gasteiger charge is 2.41. The Labute approximate surface area is 186 Å². The number of halogens is 1. The fourth-order valence-electron chi connectivity index (χ4n) is 4.60. The molecule has 0 aromatic heterocycles. The van der Waals surface area contributed by atoms with Gasteiger partial charge in [-0.2, -0.15) is 0 Å². The fourth-order valence-corrected chi connectivity index (χ4v) is 4.60. The fraction of sp³-hybridized carbons (Fsp3) is 0.440. The van der Waals surface area contributed by atoms with Crippen molar-refractivity contribution in [1.82, 2.24) is 10.2 Å². The average molecular weight is 438 g/mol. The first-order chi connectivity index (χ1) is 15.5. The molecule has 1 saturated heterocycles. The van der Waals surface area contributed by atoms with Crippen LogP contribution in [0, 0.1) is 24.6 Å². The molecule has 5 rings (SSSR count). The lowest BCUT2D eigenvalue weighted by Gasteiger charge is -2.40. The van der Waals surface area contributed by atoms with Gasteiger partial charge in [0.05, 0.1) is 12.0 Å². The van der Waals surface area contributed by atoms with E-state index in [0.29, 0.717) is 43.0 Å². The molecule has 2 aliphatic heterocycles. The maximum atomic E-state index is 13.8. The summed E-state index contributed by atoms with van der Waals surface area (Å²) >= 11 is 0. The van der Waals surface area contributed by atoms with E-state index in [1.807, 2.05) is 29.2 Å². The van der Waals surface area contributed by atoms with Crippen LogP contribution in [0.25, 0.3) is 0 Å². The predicted molar refractivity (Wildman–Crippen MR) is 115 cm³/mol. The Hall–Kier alpha value is -3.09. The molecule has 0 unspecified atom stereocenters. The highest BCUT2D eigenvalue weighted by Crippen LogP contribution is 2.40. The minimum Gasteiger partial charge on any atom is -0.454 e. The highest BCUT2D eigenvalue weighted by atomic mass is 19.1. The van der Waals surface area contributed by atoms with Gasteiger partial charge >= 0.3 is 0 Å². The SMILES string of the molecule is Cc1cc([C@@H]2CC[C@@H](C(=O)NCc3ccc4c(c3)OCO4)CN2C(=O)C2CC2)ccc1F.